The van der Waals surface area contributed by atoms with E-state index in [1.54, 1.807) is 0 Å². The molecule has 0 bridgehead atoms. The summed E-state index contributed by atoms with van der Waals surface area (Å²) in [5, 5.41) is 9.90. The van der Waals surface area contributed by atoms with Gasteiger partial charge in [0.1, 0.15) is 5.69 Å². The molecule has 5 heteroatoms. The molecule has 0 spiro atoms. The van der Waals surface area contributed by atoms with Crippen molar-refractivity contribution in [3.05, 3.63) is 11.4 Å². The third-order valence-electron chi connectivity index (χ3n) is 0.948. The van der Waals surface area contributed by atoms with Crippen LogP contribution in [0.3, 0.4) is 0 Å². The summed E-state index contributed by atoms with van der Waals surface area (Å²) in [4.78, 5) is 0. The quantitative estimate of drug-likeness (QED) is 0.641. The van der Waals surface area contributed by atoms with Crippen LogP contribution in [-0.4, -0.2) is 15.4 Å². The molecule has 0 aromatic carbocycles. The average Bonchev–Trinajstić information content (AvgIpc) is 2.14. The predicted molar refractivity (Wildman–Crippen MR) is 37.9 cm³/mol. The molecular formula is C4H7Cl2N3. The Labute approximate surface area is 64.2 Å². The van der Waals surface area contributed by atoms with Crippen LogP contribution >= 0.6 is 24.0 Å². The molecule has 0 saturated heterocycles. The zero-order valence-corrected chi connectivity index (χ0v) is 6.46. The summed E-state index contributed by atoms with van der Waals surface area (Å²) in [5.41, 5.74) is 1.77. The molecule has 0 amide bonds. The summed E-state index contributed by atoms with van der Waals surface area (Å²) < 4.78 is 0. The largest absolute Gasteiger partial charge is 0.262 e. The van der Waals surface area contributed by atoms with Gasteiger partial charge in [0.05, 0.1) is 11.6 Å². The maximum Gasteiger partial charge on any atom is 0.100 e. The number of alkyl halides is 1. The highest BCUT2D eigenvalue weighted by Crippen LogP contribution is 2.00. The van der Waals surface area contributed by atoms with Crippen molar-refractivity contribution < 1.29 is 0 Å². The summed E-state index contributed by atoms with van der Waals surface area (Å²) in [7, 11) is 0. The lowest BCUT2D eigenvalue weighted by Crippen LogP contribution is -1.79. The van der Waals surface area contributed by atoms with Crippen molar-refractivity contribution in [3.63, 3.8) is 0 Å². The Bertz CT molecular complexity index is 174. The third-order valence-corrected chi connectivity index (χ3v) is 1.20. The molecule has 52 valence electrons. The fourth-order valence-electron chi connectivity index (χ4n) is 0.427. The SMILES string of the molecule is Cc1[nH]nnc1CCl.Cl. The highest BCUT2D eigenvalue weighted by molar-refractivity contribution is 6.16. The number of rotatable bonds is 1. The summed E-state index contributed by atoms with van der Waals surface area (Å²) in [6.07, 6.45) is 0. The lowest BCUT2D eigenvalue weighted by atomic mass is 10.4. The van der Waals surface area contributed by atoms with Crippen molar-refractivity contribution in [3.8, 4) is 0 Å². The van der Waals surface area contributed by atoms with Gasteiger partial charge in [0.2, 0.25) is 0 Å². The van der Waals surface area contributed by atoms with E-state index in [1.807, 2.05) is 6.92 Å². The summed E-state index contributed by atoms with van der Waals surface area (Å²) >= 11 is 5.45. The van der Waals surface area contributed by atoms with Crippen LogP contribution in [0.2, 0.25) is 0 Å². The van der Waals surface area contributed by atoms with Crippen LogP contribution in [0.15, 0.2) is 0 Å². The standard InChI is InChI=1S/C4H6ClN3.ClH/c1-3-4(2-5)7-8-6-3;/h2H2,1H3,(H,6,7,8);1H. The first-order valence-electron chi connectivity index (χ1n) is 2.27. The van der Waals surface area contributed by atoms with Crippen LogP contribution in [0.25, 0.3) is 0 Å². The van der Waals surface area contributed by atoms with Gasteiger partial charge in [-0.05, 0) is 6.92 Å². The fraction of sp³-hybridized carbons (Fsp3) is 0.500. The highest BCUT2D eigenvalue weighted by atomic mass is 35.5. The zero-order valence-electron chi connectivity index (χ0n) is 4.89. The second-order valence-electron chi connectivity index (χ2n) is 1.52. The van der Waals surface area contributed by atoms with Gasteiger partial charge >= 0.3 is 0 Å². The normalized spacial score (nSPS) is 8.67. The summed E-state index contributed by atoms with van der Waals surface area (Å²) in [6.45, 7) is 1.89. The van der Waals surface area contributed by atoms with Gasteiger partial charge in [-0.25, -0.2) is 0 Å². The smallest absolute Gasteiger partial charge is 0.100 e. The topological polar surface area (TPSA) is 41.6 Å². The van der Waals surface area contributed by atoms with Crippen LogP contribution in [0.1, 0.15) is 11.4 Å². The number of aryl methyl sites for hydroxylation is 1. The molecule has 0 radical (unpaired) electrons. The molecule has 1 aromatic heterocycles. The number of hydrogen-bond donors (Lipinski definition) is 1. The summed E-state index contributed by atoms with van der Waals surface area (Å²) in [6, 6.07) is 0. The van der Waals surface area contributed by atoms with E-state index in [-0.39, 0.29) is 12.4 Å². The number of H-pyrrole nitrogens is 1. The van der Waals surface area contributed by atoms with Gasteiger partial charge in [0, 0.05) is 0 Å². The van der Waals surface area contributed by atoms with Crippen molar-refractivity contribution >= 4 is 24.0 Å². The average molecular weight is 168 g/mol. The van der Waals surface area contributed by atoms with E-state index in [0.29, 0.717) is 5.88 Å². The van der Waals surface area contributed by atoms with Crippen molar-refractivity contribution in [1.82, 2.24) is 15.4 Å². The molecule has 0 aliphatic heterocycles. The Balaban J connectivity index is 0.000000640. The van der Waals surface area contributed by atoms with Crippen molar-refractivity contribution in [2.75, 3.05) is 0 Å². The number of nitrogens with zero attached hydrogens (tertiary/aromatic N) is 2. The van der Waals surface area contributed by atoms with Crippen LogP contribution in [0.4, 0.5) is 0 Å². The molecule has 0 unspecified atom stereocenters. The van der Waals surface area contributed by atoms with Gasteiger partial charge in [-0.2, -0.15) is 0 Å². The van der Waals surface area contributed by atoms with Crippen LogP contribution in [0.5, 0.6) is 0 Å². The van der Waals surface area contributed by atoms with E-state index in [4.69, 9.17) is 11.6 Å². The zero-order chi connectivity index (χ0) is 5.98. The first-order chi connectivity index (χ1) is 3.84. The van der Waals surface area contributed by atoms with Gasteiger partial charge in [-0.1, -0.05) is 5.21 Å². The number of aromatic nitrogens is 3. The second-order valence-corrected chi connectivity index (χ2v) is 1.78. The third kappa shape index (κ3) is 1.84. The van der Waals surface area contributed by atoms with Crippen molar-refractivity contribution in [1.29, 1.82) is 0 Å². The van der Waals surface area contributed by atoms with Crippen LogP contribution in [0, 0.1) is 6.92 Å². The monoisotopic (exact) mass is 167 g/mol. The maximum absolute atomic E-state index is 5.45. The molecule has 0 atom stereocenters. The Morgan fingerprint density at radius 3 is 2.56 bits per heavy atom. The molecule has 0 fully saturated rings. The molecule has 9 heavy (non-hydrogen) atoms. The van der Waals surface area contributed by atoms with Crippen molar-refractivity contribution in [2.45, 2.75) is 12.8 Å². The number of hydrogen-bond acceptors (Lipinski definition) is 2. The van der Waals surface area contributed by atoms with Gasteiger partial charge in [-0.15, -0.1) is 29.1 Å². The van der Waals surface area contributed by atoms with Gasteiger partial charge in [0.15, 0.2) is 0 Å². The Morgan fingerprint density at radius 1 is 1.67 bits per heavy atom. The van der Waals surface area contributed by atoms with Gasteiger partial charge in [-0.3, -0.25) is 5.10 Å². The number of nitrogens with one attached hydrogen (secondary N) is 1. The van der Waals surface area contributed by atoms with E-state index >= 15 is 0 Å². The number of aromatic amines is 1. The van der Waals surface area contributed by atoms with Crippen LogP contribution < -0.4 is 0 Å². The molecule has 1 aromatic rings. The summed E-state index contributed by atoms with van der Waals surface area (Å²) in [5.74, 6) is 0.433. The lowest BCUT2D eigenvalue weighted by Gasteiger charge is -1.82. The van der Waals surface area contributed by atoms with Crippen LogP contribution in [-0.2, 0) is 5.88 Å². The second kappa shape index (κ2) is 3.69. The highest BCUT2D eigenvalue weighted by Gasteiger charge is 1.96. The van der Waals surface area contributed by atoms with E-state index in [2.05, 4.69) is 15.4 Å². The molecule has 0 aliphatic rings. The van der Waals surface area contributed by atoms with E-state index in [0.717, 1.165) is 11.4 Å². The Morgan fingerprint density at radius 2 is 2.33 bits per heavy atom. The molecule has 1 rings (SSSR count). The molecule has 0 aliphatic carbocycles. The minimum absolute atomic E-state index is 0. The minimum atomic E-state index is 0. The number of halogens is 2. The predicted octanol–water partition coefficient (Wildman–Crippen LogP) is 1.27. The fourth-order valence-corrected chi connectivity index (χ4v) is 0.681. The van der Waals surface area contributed by atoms with E-state index < -0.39 is 0 Å². The van der Waals surface area contributed by atoms with E-state index in [1.165, 1.54) is 0 Å². The molecule has 1 heterocycles. The Kier molecular flexibility index (Phi) is 3.58. The van der Waals surface area contributed by atoms with Crippen molar-refractivity contribution in [2.24, 2.45) is 0 Å². The molecule has 3 nitrogen and oxygen atoms in total. The van der Waals surface area contributed by atoms with Gasteiger partial charge in [0.25, 0.3) is 0 Å². The Hall–Kier alpha value is -0.280. The van der Waals surface area contributed by atoms with Gasteiger partial charge < -0.3 is 0 Å². The minimum Gasteiger partial charge on any atom is -0.262 e. The molecule has 1 N–H and O–H groups in total. The first kappa shape index (κ1) is 8.72. The maximum atomic E-state index is 5.45. The lowest BCUT2D eigenvalue weighted by molar-refractivity contribution is 0.919. The van der Waals surface area contributed by atoms with E-state index in [9.17, 15) is 0 Å². The molecular weight excluding hydrogens is 161 g/mol. The molecule has 0 saturated carbocycles. The first-order valence-corrected chi connectivity index (χ1v) is 2.80.